The zero-order valence-electron chi connectivity index (χ0n) is 20.3. The van der Waals surface area contributed by atoms with Crippen molar-refractivity contribution in [2.75, 3.05) is 6.54 Å². The fourth-order valence-electron chi connectivity index (χ4n) is 3.47. The molecule has 1 aromatic carbocycles. The Kier molecular flexibility index (Phi) is 10.2. The zero-order valence-corrected chi connectivity index (χ0v) is 20.3. The minimum atomic E-state index is -1.23. The lowest BCUT2D eigenvalue weighted by molar-refractivity contribution is -0.142. The molecule has 4 unspecified atom stereocenters. The van der Waals surface area contributed by atoms with Crippen LogP contribution >= 0.6 is 0 Å². The largest absolute Gasteiger partial charge is 0.480 e. The van der Waals surface area contributed by atoms with Crippen LogP contribution in [0.2, 0.25) is 0 Å². The Bertz CT molecular complexity index is 1110. The van der Waals surface area contributed by atoms with Crippen LogP contribution in [0.5, 0.6) is 0 Å². The highest BCUT2D eigenvalue weighted by atomic mass is 16.4. The average molecular weight is 503 g/mol. The van der Waals surface area contributed by atoms with Crippen molar-refractivity contribution in [1.29, 1.82) is 0 Å². The van der Waals surface area contributed by atoms with E-state index in [0.717, 1.165) is 16.5 Å². The fourth-order valence-corrected chi connectivity index (χ4v) is 3.47. The molecule has 1 aromatic heterocycles. The average Bonchev–Trinajstić information content (AvgIpc) is 3.22. The van der Waals surface area contributed by atoms with E-state index in [1.54, 1.807) is 6.20 Å². The molecule has 4 atom stereocenters. The van der Waals surface area contributed by atoms with Crippen molar-refractivity contribution in [3.8, 4) is 0 Å². The third kappa shape index (κ3) is 8.27. The van der Waals surface area contributed by atoms with E-state index in [2.05, 4.69) is 25.9 Å². The third-order valence-electron chi connectivity index (χ3n) is 5.46. The first kappa shape index (κ1) is 28.1. The summed E-state index contributed by atoms with van der Waals surface area (Å²) in [4.78, 5) is 56.5. The number of carboxylic acid groups (broad SMARTS) is 1. The van der Waals surface area contributed by atoms with Gasteiger partial charge in [-0.3, -0.25) is 19.4 Å². The molecule has 0 aliphatic rings. The number of nitrogens with two attached hydrogens (primary N) is 3. The van der Waals surface area contributed by atoms with Crippen LogP contribution in [0.4, 0.5) is 0 Å². The first-order valence-electron chi connectivity index (χ1n) is 11.5. The van der Waals surface area contributed by atoms with Crippen LogP contribution in [0.3, 0.4) is 0 Å². The molecule has 36 heavy (non-hydrogen) atoms. The van der Waals surface area contributed by atoms with Gasteiger partial charge in [0.15, 0.2) is 5.96 Å². The van der Waals surface area contributed by atoms with E-state index < -0.39 is 47.9 Å². The summed E-state index contributed by atoms with van der Waals surface area (Å²) < 4.78 is 0. The number of H-pyrrole nitrogens is 1. The SMILES string of the molecule is CC(N)C(=O)NC(C)C(=O)NC(Cc1c[nH]c2ccccc12)C(=O)NC(CCCN=C(N)N)C(=O)O. The number of carboxylic acids is 1. The van der Waals surface area contributed by atoms with Crippen LogP contribution in [0.25, 0.3) is 10.9 Å². The van der Waals surface area contributed by atoms with E-state index in [4.69, 9.17) is 17.2 Å². The molecule has 11 N–H and O–H groups in total. The number of hydrogen-bond acceptors (Lipinski definition) is 6. The van der Waals surface area contributed by atoms with Gasteiger partial charge in [-0.25, -0.2) is 4.79 Å². The summed E-state index contributed by atoms with van der Waals surface area (Å²) >= 11 is 0. The van der Waals surface area contributed by atoms with Crippen LogP contribution in [0.15, 0.2) is 35.5 Å². The van der Waals surface area contributed by atoms with Crippen molar-refractivity contribution >= 4 is 40.6 Å². The number of benzene rings is 1. The van der Waals surface area contributed by atoms with E-state index in [-0.39, 0.29) is 25.3 Å². The molecule has 0 aliphatic heterocycles. The molecule has 196 valence electrons. The van der Waals surface area contributed by atoms with Gasteiger partial charge in [-0.05, 0) is 38.3 Å². The Morgan fingerprint density at radius 1 is 1.00 bits per heavy atom. The van der Waals surface area contributed by atoms with E-state index >= 15 is 0 Å². The van der Waals surface area contributed by atoms with Crippen molar-refractivity contribution in [2.24, 2.45) is 22.2 Å². The zero-order chi connectivity index (χ0) is 26.8. The molecule has 0 bridgehead atoms. The molecular weight excluding hydrogens is 468 g/mol. The Hall–Kier alpha value is -4.13. The normalized spacial score (nSPS) is 14.2. The van der Waals surface area contributed by atoms with Gasteiger partial charge in [0.25, 0.3) is 0 Å². The van der Waals surface area contributed by atoms with Crippen molar-refractivity contribution in [3.05, 3.63) is 36.0 Å². The molecule has 13 heteroatoms. The number of aromatic nitrogens is 1. The third-order valence-corrected chi connectivity index (χ3v) is 5.46. The predicted octanol–water partition coefficient (Wildman–Crippen LogP) is -1.33. The number of para-hydroxylation sites is 1. The Morgan fingerprint density at radius 2 is 1.67 bits per heavy atom. The number of nitrogens with zero attached hydrogens (tertiary/aromatic N) is 1. The van der Waals surface area contributed by atoms with Gasteiger partial charge >= 0.3 is 5.97 Å². The Morgan fingerprint density at radius 3 is 2.31 bits per heavy atom. The number of rotatable bonds is 13. The molecule has 0 saturated heterocycles. The molecule has 0 saturated carbocycles. The Labute approximate surface area is 208 Å². The smallest absolute Gasteiger partial charge is 0.326 e. The lowest BCUT2D eigenvalue weighted by Gasteiger charge is -2.23. The lowest BCUT2D eigenvalue weighted by atomic mass is 10.0. The minimum Gasteiger partial charge on any atom is -0.480 e. The molecule has 0 spiro atoms. The number of guanidine groups is 1. The first-order valence-corrected chi connectivity index (χ1v) is 11.5. The number of amides is 3. The van der Waals surface area contributed by atoms with Gasteiger partial charge in [0, 0.05) is 30.1 Å². The molecule has 0 radical (unpaired) electrons. The summed E-state index contributed by atoms with van der Waals surface area (Å²) in [6, 6.07) is 3.31. The molecule has 3 amide bonds. The maximum atomic E-state index is 13.2. The van der Waals surface area contributed by atoms with Gasteiger partial charge in [0.1, 0.15) is 18.1 Å². The molecule has 2 aromatic rings. The highest BCUT2D eigenvalue weighted by Gasteiger charge is 2.29. The Balaban J connectivity index is 2.20. The van der Waals surface area contributed by atoms with Crippen molar-refractivity contribution in [3.63, 3.8) is 0 Å². The fraction of sp³-hybridized carbons (Fsp3) is 0.435. The van der Waals surface area contributed by atoms with E-state index in [1.165, 1.54) is 13.8 Å². The standard InChI is InChI=1S/C23H34N8O5/c1-12(24)19(32)29-13(2)20(33)31-18(10-14-11-28-16-7-4-3-6-15(14)16)21(34)30-17(22(35)36)8-5-9-27-23(25)26/h3-4,6-7,11-13,17-18,28H,5,8-10,24H2,1-2H3,(H,29,32)(H,30,34)(H,31,33)(H,35,36)(H4,25,26,27). The highest BCUT2D eigenvalue weighted by Crippen LogP contribution is 2.19. The van der Waals surface area contributed by atoms with Crippen LogP contribution in [-0.2, 0) is 25.6 Å². The lowest BCUT2D eigenvalue weighted by Crippen LogP contribution is -2.56. The van der Waals surface area contributed by atoms with Gasteiger partial charge in [-0.2, -0.15) is 0 Å². The summed E-state index contributed by atoms with van der Waals surface area (Å²) in [5.74, 6) is -3.18. The molecule has 0 aliphatic carbocycles. The van der Waals surface area contributed by atoms with Crippen LogP contribution in [-0.4, -0.2) is 70.5 Å². The number of fused-ring (bicyclic) bond motifs is 1. The number of carbonyl (C=O) groups is 4. The topological polar surface area (TPSA) is 231 Å². The first-order chi connectivity index (χ1) is 17.0. The second-order valence-corrected chi connectivity index (χ2v) is 8.49. The van der Waals surface area contributed by atoms with Gasteiger partial charge in [0.05, 0.1) is 6.04 Å². The van der Waals surface area contributed by atoms with Crippen molar-refractivity contribution in [2.45, 2.75) is 57.3 Å². The van der Waals surface area contributed by atoms with E-state index in [9.17, 15) is 24.3 Å². The second-order valence-electron chi connectivity index (χ2n) is 8.49. The van der Waals surface area contributed by atoms with Crippen molar-refractivity contribution < 1.29 is 24.3 Å². The van der Waals surface area contributed by atoms with E-state index in [1.807, 2.05) is 24.3 Å². The van der Waals surface area contributed by atoms with E-state index in [0.29, 0.717) is 6.42 Å². The molecule has 1 heterocycles. The summed E-state index contributed by atoms with van der Waals surface area (Å²) in [6.45, 7) is 3.14. The summed E-state index contributed by atoms with van der Waals surface area (Å²) in [6.07, 6.45) is 2.19. The van der Waals surface area contributed by atoms with Crippen molar-refractivity contribution in [1.82, 2.24) is 20.9 Å². The number of hydrogen-bond donors (Lipinski definition) is 8. The number of aliphatic carboxylic acids is 1. The van der Waals surface area contributed by atoms with Gasteiger partial charge in [0.2, 0.25) is 17.7 Å². The maximum Gasteiger partial charge on any atom is 0.326 e. The van der Waals surface area contributed by atoms with Gasteiger partial charge < -0.3 is 43.2 Å². The van der Waals surface area contributed by atoms with Gasteiger partial charge in [-0.1, -0.05) is 18.2 Å². The summed E-state index contributed by atoms with van der Waals surface area (Å²) in [5.41, 5.74) is 17.7. The quantitative estimate of drug-likeness (QED) is 0.0926. The highest BCUT2D eigenvalue weighted by molar-refractivity contribution is 5.94. The molecule has 0 fully saturated rings. The molecule has 2 rings (SSSR count). The predicted molar refractivity (Wildman–Crippen MR) is 135 cm³/mol. The monoisotopic (exact) mass is 502 g/mol. The maximum absolute atomic E-state index is 13.2. The number of aromatic amines is 1. The molecular formula is C23H34N8O5. The minimum absolute atomic E-state index is 0.0758. The van der Waals surface area contributed by atoms with Gasteiger partial charge in [-0.15, -0.1) is 0 Å². The number of nitrogens with one attached hydrogen (secondary N) is 4. The number of carbonyl (C=O) groups excluding carboxylic acids is 3. The van der Waals surface area contributed by atoms with Crippen LogP contribution in [0.1, 0.15) is 32.3 Å². The summed E-state index contributed by atoms with van der Waals surface area (Å²) in [5, 5.41) is 18.0. The van der Waals surface area contributed by atoms with Crippen LogP contribution < -0.4 is 33.2 Å². The molecule has 13 nitrogen and oxygen atoms in total. The van der Waals surface area contributed by atoms with Crippen LogP contribution in [0, 0.1) is 0 Å². The summed E-state index contributed by atoms with van der Waals surface area (Å²) in [7, 11) is 0. The number of aliphatic imine (C=N–C) groups is 1. The second kappa shape index (κ2) is 13.1.